The zero-order chi connectivity index (χ0) is 15.1. The molecule has 1 atom stereocenters. The standard InChI is InChI=1S/C15H22N2O4/c1-2-17-6-7-19-14(9-17)10-21-15(18)11-20-13-5-3-4-12(16)8-13/h3-5,8,14H,2,6-7,9-11,16H2,1H3. The normalized spacial score (nSPS) is 19.2. The van der Waals surface area contributed by atoms with Crippen LogP contribution in [0.1, 0.15) is 6.92 Å². The molecule has 0 saturated carbocycles. The van der Waals surface area contributed by atoms with E-state index in [0.29, 0.717) is 18.0 Å². The monoisotopic (exact) mass is 294 g/mol. The van der Waals surface area contributed by atoms with Gasteiger partial charge in [-0.2, -0.15) is 0 Å². The Morgan fingerprint density at radius 1 is 1.52 bits per heavy atom. The highest BCUT2D eigenvalue weighted by molar-refractivity contribution is 5.71. The quantitative estimate of drug-likeness (QED) is 0.621. The third kappa shape index (κ3) is 5.24. The molecule has 1 fully saturated rings. The van der Waals surface area contributed by atoms with E-state index in [-0.39, 0.29) is 19.3 Å². The highest BCUT2D eigenvalue weighted by atomic mass is 16.6. The smallest absolute Gasteiger partial charge is 0.344 e. The fourth-order valence-electron chi connectivity index (χ4n) is 2.14. The van der Waals surface area contributed by atoms with Crippen LogP contribution in [-0.4, -0.2) is 56.4 Å². The molecule has 0 aliphatic carbocycles. The first-order valence-electron chi connectivity index (χ1n) is 7.15. The molecule has 21 heavy (non-hydrogen) atoms. The van der Waals surface area contributed by atoms with E-state index in [1.807, 2.05) is 0 Å². The van der Waals surface area contributed by atoms with E-state index in [1.54, 1.807) is 24.3 Å². The Morgan fingerprint density at radius 3 is 3.14 bits per heavy atom. The van der Waals surface area contributed by atoms with Crippen molar-refractivity contribution in [2.75, 3.05) is 45.2 Å². The van der Waals surface area contributed by atoms with Crippen LogP contribution in [0.3, 0.4) is 0 Å². The van der Waals surface area contributed by atoms with Crippen molar-refractivity contribution in [2.45, 2.75) is 13.0 Å². The zero-order valence-corrected chi connectivity index (χ0v) is 12.3. The van der Waals surface area contributed by atoms with E-state index in [0.717, 1.165) is 19.6 Å². The van der Waals surface area contributed by atoms with Gasteiger partial charge in [0.05, 0.1) is 6.61 Å². The molecule has 1 aliphatic rings. The molecule has 1 aliphatic heterocycles. The number of carbonyl (C=O) groups is 1. The van der Waals surface area contributed by atoms with E-state index < -0.39 is 5.97 Å². The number of hydrogen-bond donors (Lipinski definition) is 1. The summed E-state index contributed by atoms with van der Waals surface area (Å²) in [5.41, 5.74) is 6.22. The van der Waals surface area contributed by atoms with E-state index >= 15 is 0 Å². The number of nitrogens with zero attached hydrogens (tertiary/aromatic N) is 1. The van der Waals surface area contributed by atoms with Crippen LogP contribution in [0.4, 0.5) is 5.69 Å². The van der Waals surface area contributed by atoms with Crippen molar-refractivity contribution in [2.24, 2.45) is 0 Å². The molecule has 1 aromatic rings. The van der Waals surface area contributed by atoms with Gasteiger partial charge in [0.1, 0.15) is 18.5 Å². The molecule has 6 nitrogen and oxygen atoms in total. The van der Waals surface area contributed by atoms with Gasteiger partial charge < -0.3 is 19.9 Å². The highest BCUT2D eigenvalue weighted by Gasteiger charge is 2.20. The first-order valence-corrected chi connectivity index (χ1v) is 7.15. The number of morpholine rings is 1. The first-order chi connectivity index (χ1) is 10.2. The summed E-state index contributed by atoms with van der Waals surface area (Å²) in [4.78, 5) is 13.9. The van der Waals surface area contributed by atoms with Gasteiger partial charge in [-0.1, -0.05) is 13.0 Å². The average Bonchev–Trinajstić information content (AvgIpc) is 2.51. The average molecular weight is 294 g/mol. The third-order valence-electron chi connectivity index (χ3n) is 3.32. The Morgan fingerprint density at radius 2 is 2.38 bits per heavy atom. The number of hydrogen-bond acceptors (Lipinski definition) is 6. The van der Waals surface area contributed by atoms with Gasteiger partial charge in [0.15, 0.2) is 6.61 Å². The van der Waals surface area contributed by atoms with Crippen LogP contribution >= 0.6 is 0 Å². The molecule has 116 valence electrons. The van der Waals surface area contributed by atoms with Crippen LogP contribution < -0.4 is 10.5 Å². The number of likely N-dealkylation sites (N-methyl/N-ethyl adjacent to an activating group) is 1. The summed E-state index contributed by atoms with van der Waals surface area (Å²) in [6.45, 7) is 5.61. The van der Waals surface area contributed by atoms with Crippen molar-refractivity contribution in [3.05, 3.63) is 24.3 Å². The molecule has 0 spiro atoms. The van der Waals surface area contributed by atoms with Crippen molar-refractivity contribution in [3.8, 4) is 5.75 Å². The number of ether oxygens (including phenoxy) is 3. The van der Waals surface area contributed by atoms with Gasteiger partial charge in [-0.05, 0) is 18.7 Å². The molecule has 0 bridgehead atoms. The van der Waals surface area contributed by atoms with Gasteiger partial charge in [-0.25, -0.2) is 4.79 Å². The molecule has 1 aromatic carbocycles. The van der Waals surface area contributed by atoms with Crippen LogP contribution in [0.2, 0.25) is 0 Å². The van der Waals surface area contributed by atoms with Crippen LogP contribution in [0.5, 0.6) is 5.75 Å². The summed E-state index contributed by atoms with van der Waals surface area (Å²) in [5.74, 6) is 0.146. The molecular formula is C15H22N2O4. The second kappa shape index (κ2) is 7.85. The number of benzene rings is 1. The Kier molecular flexibility index (Phi) is 5.83. The minimum absolute atomic E-state index is 0.0602. The number of esters is 1. The number of anilines is 1. The Labute approximate surface area is 124 Å². The summed E-state index contributed by atoms with van der Waals surface area (Å²) in [6.07, 6.45) is -0.0602. The highest BCUT2D eigenvalue weighted by Crippen LogP contribution is 2.14. The molecule has 2 rings (SSSR count). The lowest BCUT2D eigenvalue weighted by molar-refractivity contribution is -0.152. The lowest BCUT2D eigenvalue weighted by Crippen LogP contribution is -2.44. The van der Waals surface area contributed by atoms with E-state index in [2.05, 4.69) is 11.8 Å². The van der Waals surface area contributed by atoms with Crippen LogP contribution in [0.15, 0.2) is 24.3 Å². The maximum absolute atomic E-state index is 11.6. The van der Waals surface area contributed by atoms with Gasteiger partial charge in [-0.15, -0.1) is 0 Å². The maximum atomic E-state index is 11.6. The number of carbonyl (C=O) groups excluding carboxylic acids is 1. The lowest BCUT2D eigenvalue weighted by Gasteiger charge is -2.31. The van der Waals surface area contributed by atoms with Gasteiger partial charge >= 0.3 is 5.97 Å². The van der Waals surface area contributed by atoms with Gasteiger partial charge in [0.25, 0.3) is 0 Å². The van der Waals surface area contributed by atoms with Crippen molar-refractivity contribution >= 4 is 11.7 Å². The van der Waals surface area contributed by atoms with Gasteiger partial charge in [-0.3, -0.25) is 4.90 Å². The number of nitrogens with two attached hydrogens (primary N) is 1. The second-order valence-electron chi connectivity index (χ2n) is 4.93. The predicted octanol–water partition coefficient (Wildman–Crippen LogP) is 0.911. The lowest BCUT2D eigenvalue weighted by atomic mass is 10.3. The number of rotatable bonds is 6. The molecule has 2 N–H and O–H groups in total. The summed E-state index contributed by atoms with van der Waals surface area (Å²) in [6, 6.07) is 6.93. The predicted molar refractivity (Wildman–Crippen MR) is 79.2 cm³/mol. The van der Waals surface area contributed by atoms with Crippen LogP contribution in [0.25, 0.3) is 0 Å². The Bertz CT molecular complexity index is 467. The Hall–Kier alpha value is -1.79. The minimum atomic E-state index is -0.408. The summed E-state index contributed by atoms with van der Waals surface area (Å²) < 4.78 is 16.1. The van der Waals surface area contributed by atoms with E-state index in [1.165, 1.54) is 0 Å². The molecule has 6 heteroatoms. The van der Waals surface area contributed by atoms with Crippen LogP contribution in [0, 0.1) is 0 Å². The molecule has 0 radical (unpaired) electrons. The van der Waals surface area contributed by atoms with Crippen molar-refractivity contribution in [1.29, 1.82) is 0 Å². The van der Waals surface area contributed by atoms with Crippen molar-refractivity contribution < 1.29 is 19.0 Å². The number of nitrogen functional groups attached to an aromatic ring is 1. The fourth-order valence-corrected chi connectivity index (χ4v) is 2.14. The second-order valence-corrected chi connectivity index (χ2v) is 4.93. The summed E-state index contributed by atoms with van der Waals surface area (Å²) >= 11 is 0. The molecule has 1 unspecified atom stereocenters. The minimum Gasteiger partial charge on any atom is -0.482 e. The topological polar surface area (TPSA) is 74.0 Å². The molecule has 0 aromatic heterocycles. The van der Waals surface area contributed by atoms with Gasteiger partial charge in [0, 0.05) is 24.8 Å². The largest absolute Gasteiger partial charge is 0.482 e. The zero-order valence-electron chi connectivity index (χ0n) is 12.3. The van der Waals surface area contributed by atoms with E-state index in [9.17, 15) is 4.79 Å². The molecule has 0 amide bonds. The first kappa shape index (κ1) is 15.6. The summed E-state index contributed by atoms with van der Waals surface area (Å²) in [5, 5.41) is 0. The molecule has 1 saturated heterocycles. The Balaban J connectivity index is 1.67. The summed E-state index contributed by atoms with van der Waals surface area (Å²) in [7, 11) is 0. The maximum Gasteiger partial charge on any atom is 0.344 e. The van der Waals surface area contributed by atoms with Crippen molar-refractivity contribution in [1.82, 2.24) is 4.90 Å². The molecular weight excluding hydrogens is 272 g/mol. The van der Waals surface area contributed by atoms with Crippen molar-refractivity contribution in [3.63, 3.8) is 0 Å². The third-order valence-corrected chi connectivity index (χ3v) is 3.32. The molecule has 1 heterocycles. The fraction of sp³-hybridized carbons (Fsp3) is 0.533. The SMILES string of the molecule is CCN1CCOC(COC(=O)COc2cccc(N)c2)C1. The van der Waals surface area contributed by atoms with Gasteiger partial charge in [0.2, 0.25) is 0 Å². The van der Waals surface area contributed by atoms with Crippen LogP contribution in [-0.2, 0) is 14.3 Å². The van der Waals surface area contributed by atoms with E-state index in [4.69, 9.17) is 19.9 Å².